The molecule has 54 valence electrons. The third kappa shape index (κ3) is 0.632. The molecule has 1 aliphatic rings. The number of nitrogens with one attached hydrogen (secondary N) is 2. The number of nitrogens with zero attached hydrogens (tertiary/aromatic N) is 2. The molecule has 1 aliphatic heterocycles. The SMILES string of the molecule is O=c1[nH]nc2n1NCCC2. The Bertz CT molecular complexity index is 286. The van der Waals surface area contributed by atoms with Gasteiger partial charge in [-0.2, -0.15) is 9.77 Å². The van der Waals surface area contributed by atoms with Crippen LogP contribution in [0.2, 0.25) is 0 Å². The fourth-order valence-electron chi connectivity index (χ4n) is 1.10. The Morgan fingerprint density at radius 2 is 2.50 bits per heavy atom. The average molecular weight is 140 g/mol. The summed E-state index contributed by atoms with van der Waals surface area (Å²) in [4.78, 5) is 10.8. The first-order chi connectivity index (χ1) is 4.88. The Kier molecular flexibility index (Phi) is 1.03. The van der Waals surface area contributed by atoms with Gasteiger partial charge in [0.1, 0.15) is 0 Å². The van der Waals surface area contributed by atoms with Crippen LogP contribution in [0.4, 0.5) is 0 Å². The van der Waals surface area contributed by atoms with Crippen molar-refractivity contribution in [1.82, 2.24) is 14.9 Å². The Labute approximate surface area is 57.0 Å². The van der Waals surface area contributed by atoms with Crippen molar-refractivity contribution in [3.05, 3.63) is 16.3 Å². The molecule has 2 N–H and O–H groups in total. The molecule has 1 aromatic heterocycles. The van der Waals surface area contributed by atoms with Gasteiger partial charge >= 0.3 is 5.69 Å². The number of hydrogen-bond donors (Lipinski definition) is 2. The van der Waals surface area contributed by atoms with Crippen LogP contribution >= 0.6 is 0 Å². The minimum absolute atomic E-state index is 0.172. The van der Waals surface area contributed by atoms with E-state index in [1.165, 1.54) is 4.68 Å². The molecule has 0 amide bonds. The fourth-order valence-corrected chi connectivity index (χ4v) is 1.10. The van der Waals surface area contributed by atoms with Gasteiger partial charge in [0, 0.05) is 13.0 Å². The Morgan fingerprint density at radius 1 is 1.60 bits per heavy atom. The molecule has 0 saturated heterocycles. The second kappa shape index (κ2) is 1.86. The quantitative estimate of drug-likeness (QED) is 0.489. The predicted octanol–water partition coefficient (Wildman–Crippen LogP) is -0.939. The molecule has 10 heavy (non-hydrogen) atoms. The summed E-state index contributed by atoms with van der Waals surface area (Å²) >= 11 is 0. The maximum absolute atomic E-state index is 10.8. The summed E-state index contributed by atoms with van der Waals surface area (Å²) in [6.07, 6.45) is 1.93. The minimum atomic E-state index is -0.172. The van der Waals surface area contributed by atoms with E-state index in [9.17, 15) is 4.79 Å². The number of aromatic amines is 1. The molecule has 0 spiro atoms. The van der Waals surface area contributed by atoms with Crippen LogP contribution in [0.5, 0.6) is 0 Å². The van der Waals surface area contributed by atoms with Crippen molar-refractivity contribution in [2.24, 2.45) is 0 Å². The van der Waals surface area contributed by atoms with E-state index in [1.54, 1.807) is 0 Å². The topological polar surface area (TPSA) is 62.7 Å². The zero-order valence-corrected chi connectivity index (χ0v) is 5.42. The van der Waals surface area contributed by atoms with Crippen molar-refractivity contribution in [2.75, 3.05) is 12.0 Å². The molecule has 0 unspecified atom stereocenters. The standard InChI is InChI=1S/C5H8N4O/c10-5-8-7-4-2-1-3-6-9(4)5/h6H,1-3H2,(H,8,10). The van der Waals surface area contributed by atoms with Crippen molar-refractivity contribution < 1.29 is 0 Å². The van der Waals surface area contributed by atoms with Gasteiger partial charge in [0.15, 0.2) is 5.82 Å². The largest absolute Gasteiger partial charge is 0.362 e. The molecule has 2 rings (SSSR count). The van der Waals surface area contributed by atoms with Crippen LogP contribution in [-0.4, -0.2) is 21.4 Å². The number of hydrogen-bond acceptors (Lipinski definition) is 3. The summed E-state index contributed by atoms with van der Waals surface area (Å²) in [6.45, 7) is 0.854. The van der Waals surface area contributed by atoms with Crippen molar-refractivity contribution in [1.29, 1.82) is 0 Å². The van der Waals surface area contributed by atoms with Crippen LogP contribution in [0.1, 0.15) is 12.2 Å². The zero-order chi connectivity index (χ0) is 6.97. The summed E-state index contributed by atoms with van der Waals surface area (Å²) in [5.41, 5.74) is 2.75. The first-order valence-corrected chi connectivity index (χ1v) is 3.28. The van der Waals surface area contributed by atoms with Crippen molar-refractivity contribution >= 4 is 0 Å². The lowest BCUT2D eigenvalue weighted by Gasteiger charge is -2.12. The maximum Gasteiger partial charge on any atom is 0.362 e. The Morgan fingerprint density at radius 3 is 3.30 bits per heavy atom. The molecule has 0 atom stereocenters. The summed E-state index contributed by atoms with van der Waals surface area (Å²) in [5.74, 6) is 0.802. The summed E-state index contributed by atoms with van der Waals surface area (Å²) in [5, 5.41) is 6.19. The number of rotatable bonds is 0. The predicted molar refractivity (Wildman–Crippen MR) is 35.4 cm³/mol. The van der Waals surface area contributed by atoms with Gasteiger partial charge in [0.25, 0.3) is 0 Å². The number of H-pyrrole nitrogens is 1. The van der Waals surface area contributed by atoms with E-state index in [-0.39, 0.29) is 5.69 Å². The number of fused-ring (bicyclic) bond motifs is 1. The molecule has 5 nitrogen and oxygen atoms in total. The van der Waals surface area contributed by atoms with Crippen molar-refractivity contribution in [3.8, 4) is 0 Å². The van der Waals surface area contributed by atoms with E-state index in [1.807, 2.05) is 0 Å². The molecule has 0 bridgehead atoms. The first kappa shape index (κ1) is 5.52. The average Bonchev–Trinajstić information content (AvgIpc) is 2.34. The summed E-state index contributed by atoms with van der Waals surface area (Å²) in [6, 6.07) is 0. The Hall–Kier alpha value is -1.26. The monoisotopic (exact) mass is 140 g/mol. The third-order valence-electron chi connectivity index (χ3n) is 1.59. The highest BCUT2D eigenvalue weighted by atomic mass is 16.2. The van der Waals surface area contributed by atoms with Crippen LogP contribution in [0.25, 0.3) is 0 Å². The van der Waals surface area contributed by atoms with E-state index >= 15 is 0 Å². The highest BCUT2D eigenvalue weighted by molar-refractivity contribution is 4.94. The molecule has 2 heterocycles. The maximum atomic E-state index is 10.8. The van der Waals surface area contributed by atoms with Gasteiger partial charge < -0.3 is 5.43 Å². The molecule has 1 aromatic rings. The summed E-state index contributed by atoms with van der Waals surface area (Å²) in [7, 11) is 0. The van der Waals surface area contributed by atoms with E-state index in [2.05, 4.69) is 15.6 Å². The third-order valence-corrected chi connectivity index (χ3v) is 1.59. The van der Waals surface area contributed by atoms with Gasteiger partial charge in [-0.3, -0.25) is 0 Å². The van der Waals surface area contributed by atoms with Gasteiger partial charge in [0.2, 0.25) is 0 Å². The second-order valence-electron chi connectivity index (χ2n) is 2.29. The second-order valence-corrected chi connectivity index (χ2v) is 2.29. The van der Waals surface area contributed by atoms with Crippen LogP contribution in [-0.2, 0) is 6.42 Å². The van der Waals surface area contributed by atoms with Gasteiger partial charge in [-0.25, -0.2) is 9.89 Å². The van der Waals surface area contributed by atoms with Crippen LogP contribution in [0.3, 0.4) is 0 Å². The Balaban J connectivity index is 2.55. The molecule has 0 fully saturated rings. The van der Waals surface area contributed by atoms with Gasteiger partial charge in [-0.1, -0.05) is 0 Å². The highest BCUT2D eigenvalue weighted by Gasteiger charge is 2.10. The van der Waals surface area contributed by atoms with Crippen molar-refractivity contribution in [3.63, 3.8) is 0 Å². The lowest BCUT2D eigenvalue weighted by molar-refractivity contribution is 0.638. The lowest BCUT2D eigenvalue weighted by Crippen LogP contribution is -2.32. The fraction of sp³-hybridized carbons (Fsp3) is 0.600. The van der Waals surface area contributed by atoms with Crippen LogP contribution in [0.15, 0.2) is 4.79 Å². The minimum Gasteiger partial charge on any atom is -0.320 e. The number of aromatic nitrogens is 3. The van der Waals surface area contributed by atoms with E-state index < -0.39 is 0 Å². The van der Waals surface area contributed by atoms with Crippen molar-refractivity contribution in [2.45, 2.75) is 12.8 Å². The molecule has 0 aliphatic carbocycles. The van der Waals surface area contributed by atoms with Gasteiger partial charge in [-0.15, -0.1) is 0 Å². The van der Waals surface area contributed by atoms with Crippen LogP contribution in [0, 0.1) is 0 Å². The van der Waals surface area contributed by atoms with E-state index in [0.29, 0.717) is 0 Å². The zero-order valence-electron chi connectivity index (χ0n) is 5.42. The highest BCUT2D eigenvalue weighted by Crippen LogP contribution is 1.98. The van der Waals surface area contributed by atoms with Gasteiger partial charge in [0.05, 0.1) is 0 Å². The lowest BCUT2D eigenvalue weighted by atomic mass is 10.3. The summed E-state index contributed by atoms with van der Waals surface area (Å²) < 4.78 is 1.46. The van der Waals surface area contributed by atoms with E-state index in [0.717, 1.165) is 25.2 Å². The molecule has 0 aromatic carbocycles. The van der Waals surface area contributed by atoms with Crippen LogP contribution < -0.4 is 11.1 Å². The van der Waals surface area contributed by atoms with E-state index in [4.69, 9.17) is 0 Å². The number of aryl methyl sites for hydroxylation is 1. The smallest absolute Gasteiger partial charge is 0.320 e. The normalized spacial score (nSPS) is 16.0. The molecule has 5 heteroatoms. The first-order valence-electron chi connectivity index (χ1n) is 3.28. The molecule has 0 saturated carbocycles. The molecular weight excluding hydrogens is 132 g/mol. The molecule has 0 radical (unpaired) electrons. The molecular formula is C5H8N4O. The van der Waals surface area contributed by atoms with Gasteiger partial charge in [-0.05, 0) is 6.42 Å².